The normalized spacial score (nSPS) is 17.5. The molecule has 0 spiro atoms. The molecule has 1 aliphatic rings. The van der Waals surface area contributed by atoms with E-state index in [0.717, 1.165) is 47.2 Å². The van der Waals surface area contributed by atoms with Gasteiger partial charge in [0.25, 0.3) is 5.91 Å². The number of benzene rings is 2. The van der Waals surface area contributed by atoms with E-state index in [4.69, 9.17) is 0 Å². The predicted molar refractivity (Wildman–Crippen MR) is 105 cm³/mol. The van der Waals surface area contributed by atoms with Gasteiger partial charge in [-0.3, -0.25) is 9.20 Å². The summed E-state index contributed by atoms with van der Waals surface area (Å²) >= 11 is 0. The summed E-state index contributed by atoms with van der Waals surface area (Å²) in [5.41, 5.74) is 1.60. The molecule has 1 saturated heterocycles. The van der Waals surface area contributed by atoms with Crippen molar-refractivity contribution in [1.82, 2.24) is 19.5 Å². The number of rotatable bonds is 2. The topological polar surface area (TPSA) is 50.5 Å². The molecule has 1 atom stereocenters. The molecule has 0 unspecified atom stereocenters. The fraction of sp³-hybridized carbons (Fsp3) is 0.227. The fourth-order valence-corrected chi connectivity index (χ4v) is 4.02. The maximum atomic E-state index is 13.1. The number of piperidine rings is 1. The predicted octanol–water partition coefficient (Wildman–Crippen LogP) is 3.90. The molecule has 0 saturated carbocycles. The lowest BCUT2D eigenvalue weighted by atomic mass is 9.96. The maximum absolute atomic E-state index is 13.1. The first-order valence-corrected chi connectivity index (χ1v) is 9.37. The first kappa shape index (κ1) is 16.0. The van der Waals surface area contributed by atoms with E-state index in [1.807, 2.05) is 70.1 Å². The monoisotopic (exact) mass is 356 g/mol. The number of carbonyl (C=O) groups is 1. The highest BCUT2D eigenvalue weighted by atomic mass is 16.2. The molecule has 4 aromatic rings. The first-order valence-electron chi connectivity index (χ1n) is 9.37. The quantitative estimate of drug-likeness (QED) is 0.547. The van der Waals surface area contributed by atoms with Crippen LogP contribution in [0.5, 0.6) is 0 Å². The van der Waals surface area contributed by atoms with Crippen molar-refractivity contribution in [2.45, 2.75) is 18.8 Å². The zero-order valence-electron chi connectivity index (χ0n) is 15.0. The summed E-state index contributed by atoms with van der Waals surface area (Å²) in [7, 11) is 0. The van der Waals surface area contributed by atoms with Crippen LogP contribution in [0, 0.1) is 0 Å². The van der Waals surface area contributed by atoms with E-state index in [9.17, 15) is 4.79 Å². The minimum Gasteiger partial charge on any atom is -0.338 e. The van der Waals surface area contributed by atoms with E-state index < -0.39 is 0 Å². The molecular weight excluding hydrogens is 336 g/mol. The highest BCUT2D eigenvalue weighted by molar-refractivity contribution is 5.98. The second-order valence-electron chi connectivity index (χ2n) is 7.14. The highest BCUT2D eigenvalue weighted by Crippen LogP contribution is 2.27. The number of amides is 1. The van der Waals surface area contributed by atoms with Gasteiger partial charge in [-0.1, -0.05) is 36.4 Å². The lowest BCUT2D eigenvalue weighted by Gasteiger charge is -2.32. The van der Waals surface area contributed by atoms with Crippen molar-refractivity contribution in [1.29, 1.82) is 0 Å². The van der Waals surface area contributed by atoms with E-state index in [0.29, 0.717) is 6.54 Å². The Hall–Kier alpha value is -3.21. The van der Waals surface area contributed by atoms with Crippen LogP contribution in [0.25, 0.3) is 16.4 Å². The third-order valence-electron chi connectivity index (χ3n) is 5.41. The van der Waals surface area contributed by atoms with Crippen LogP contribution < -0.4 is 0 Å². The van der Waals surface area contributed by atoms with E-state index in [2.05, 4.69) is 16.3 Å². The van der Waals surface area contributed by atoms with E-state index in [-0.39, 0.29) is 11.8 Å². The molecule has 0 aliphatic carbocycles. The minimum absolute atomic E-state index is 0.0965. The van der Waals surface area contributed by atoms with Crippen LogP contribution in [0.15, 0.2) is 66.9 Å². The second-order valence-corrected chi connectivity index (χ2v) is 7.14. The van der Waals surface area contributed by atoms with Crippen molar-refractivity contribution in [3.63, 3.8) is 0 Å². The molecule has 5 rings (SSSR count). The van der Waals surface area contributed by atoms with Crippen LogP contribution >= 0.6 is 0 Å². The smallest absolute Gasteiger partial charge is 0.253 e. The summed E-state index contributed by atoms with van der Waals surface area (Å²) in [4.78, 5) is 15.1. The Labute approximate surface area is 157 Å². The summed E-state index contributed by atoms with van der Waals surface area (Å²) < 4.78 is 2.04. The van der Waals surface area contributed by atoms with Gasteiger partial charge in [0.2, 0.25) is 0 Å². The Morgan fingerprint density at radius 2 is 1.81 bits per heavy atom. The van der Waals surface area contributed by atoms with Crippen LogP contribution in [0.2, 0.25) is 0 Å². The number of likely N-dealkylation sites (tertiary alicyclic amines) is 1. The zero-order valence-corrected chi connectivity index (χ0v) is 15.0. The lowest BCUT2D eigenvalue weighted by Crippen LogP contribution is -2.39. The lowest BCUT2D eigenvalue weighted by molar-refractivity contribution is 0.0704. The standard InChI is InChI=1S/C22H20N4O/c27-22(18-11-10-16-6-1-2-7-17(16)14-18)25-12-5-8-19(15-25)21-24-23-20-9-3-4-13-26(20)21/h1-4,6-7,9-11,13-14,19H,5,8,12,15H2/t19-/m0/s1. The van der Waals surface area contributed by atoms with Gasteiger partial charge in [0.05, 0.1) is 0 Å². The van der Waals surface area contributed by atoms with Crippen molar-refractivity contribution in [2.75, 3.05) is 13.1 Å². The molecule has 2 aromatic heterocycles. The minimum atomic E-state index is 0.0965. The van der Waals surface area contributed by atoms with Gasteiger partial charge in [-0.25, -0.2) is 0 Å². The molecule has 1 fully saturated rings. The Bertz CT molecular complexity index is 1130. The third kappa shape index (κ3) is 2.85. The zero-order chi connectivity index (χ0) is 18.2. The number of carbonyl (C=O) groups excluding carboxylic acids is 1. The number of pyridine rings is 1. The van der Waals surface area contributed by atoms with Crippen LogP contribution in [0.4, 0.5) is 0 Å². The average Bonchev–Trinajstić information content (AvgIpc) is 3.17. The van der Waals surface area contributed by atoms with Gasteiger partial charge < -0.3 is 4.90 Å². The van der Waals surface area contributed by atoms with Crippen LogP contribution in [0.1, 0.15) is 34.9 Å². The average molecular weight is 356 g/mol. The van der Waals surface area contributed by atoms with Gasteiger partial charge >= 0.3 is 0 Å². The molecule has 0 bridgehead atoms. The summed E-state index contributed by atoms with van der Waals surface area (Å²) in [5, 5.41) is 10.9. The number of nitrogens with zero attached hydrogens (tertiary/aromatic N) is 4. The summed E-state index contributed by atoms with van der Waals surface area (Å²) in [6.07, 6.45) is 4.00. The Balaban J connectivity index is 1.42. The molecule has 1 aliphatic heterocycles. The van der Waals surface area contributed by atoms with E-state index >= 15 is 0 Å². The number of fused-ring (bicyclic) bond motifs is 2. The van der Waals surface area contributed by atoms with Gasteiger partial charge in [0.1, 0.15) is 5.82 Å². The van der Waals surface area contributed by atoms with Gasteiger partial charge in [-0.05, 0) is 47.9 Å². The molecule has 1 amide bonds. The van der Waals surface area contributed by atoms with Gasteiger partial charge in [0, 0.05) is 30.8 Å². The molecule has 5 nitrogen and oxygen atoms in total. The van der Waals surface area contributed by atoms with Crippen molar-refractivity contribution in [3.8, 4) is 0 Å². The highest BCUT2D eigenvalue weighted by Gasteiger charge is 2.28. The molecule has 3 heterocycles. The van der Waals surface area contributed by atoms with Crippen LogP contribution in [0.3, 0.4) is 0 Å². The van der Waals surface area contributed by atoms with Gasteiger partial charge in [-0.15, -0.1) is 10.2 Å². The molecule has 2 aromatic carbocycles. The summed E-state index contributed by atoms with van der Waals surface area (Å²) in [6, 6.07) is 20.0. The molecule has 5 heteroatoms. The fourth-order valence-electron chi connectivity index (χ4n) is 4.02. The summed E-state index contributed by atoms with van der Waals surface area (Å²) in [5.74, 6) is 1.25. The molecule has 0 N–H and O–H groups in total. The van der Waals surface area contributed by atoms with Crippen LogP contribution in [-0.2, 0) is 0 Å². The maximum Gasteiger partial charge on any atom is 0.253 e. The van der Waals surface area contributed by atoms with E-state index in [1.54, 1.807) is 0 Å². The van der Waals surface area contributed by atoms with Crippen molar-refractivity contribution in [3.05, 3.63) is 78.2 Å². The van der Waals surface area contributed by atoms with Gasteiger partial charge in [0.15, 0.2) is 5.65 Å². The Morgan fingerprint density at radius 3 is 2.74 bits per heavy atom. The van der Waals surface area contributed by atoms with Gasteiger partial charge in [-0.2, -0.15) is 0 Å². The summed E-state index contributed by atoms with van der Waals surface area (Å²) in [6.45, 7) is 1.47. The number of hydrogen-bond acceptors (Lipinski definition) is 3. The van der Waals surface area contributed by atoms with Crippen LogP contribution in [-0.4, -0.2) is 38.5 Å². The molecule has 0 radical (unpaired) electrons. The number of hydrogen-bond donors (Lipinski definition) is 0. The first-order chi connectivity index (χ1) is 13.3. The molecular formula is C22H20N4O. The second kappa shape index (κ2) is 6.50. The van der Waals surface area contributed by atoms with Crippen molar-refractivity contribution < 1.29 is 4.79 Å². The largest absolute Gasteiger partial charge is 0.338 e. The van der Waals surface area contributed by atoms with Crippen molar-refractivity contribution in [2.24, 2.45) is 0 Å². The Morgan fingerprint density at radius 1 is 0.963 bits per heavy atom. The molecule has 27 heavy (non-hydrogen) atoms. The Kier molecular flexibility index (Phi) is 3.85. The van der Waals surface area contributed by atoms with Crippen molar-refractivity contribution >= 4 is 22.3 Å². The van der Waals surface area contributed by atoms with E-state index in [1.165, 1.54) is 0 Å². The number of aromatic nitrogens is 3. The SMILES string of the molecule is O=C(c1ccc2ccccc2c1)N1CCC[C@H](c2nnc3ccccn23)C1. The third-order valence-corrected chi connectivity index (χ3v) is 5.41. The molecule has 134 valence electrons.